The molecule has 0 aliphatic heterocycles. The highest BCUT2D eigenvalue weighted by molar-refractivity contribution is 6.22. The molecular weight excluding hydrogens is 821 g/mol. The second kappa shape index (κ2) is 16.5. The summed E-state index contributed by atoms with van der Waals surface area (Å²) in [6.45, 7) is 0. The van der Waals surface area contributed by atoms with Gasteiger partial charge in [-0.1, -0.05) is 212 Å². The van der Waals surface area contributed by atoms with Gasteiger partial charge >= 0.3 is 0 Å². The number of para-hydroxylation sites is 3. The lowest BCUT2D eigenvalue weighted by atomic mass is 9.85. The van der Waals surface area contributed by atoms with E-state index in [1.165, 1.54) is 93.1 Å². The third kappa shape index (κ3) is 6.57. The molecule has 0 spiro atoms. The molecule has 0 saturated carbocycles. The monoisotopic (exact) mass is 864 g/mol. The van der Waals surface area contributed by atoms with Crippen LogP contribution in [0.25, 0.3) is 104 Å². The zero-order chi connectivity index (χ0) is 45.0. The van der Waals surface area contributed by atoms with Crippen LogP contribution in [-0.2, 0) is 0 Å². The van der Waals surface area contributed by atoms with Gasteiger partial charge in [0.2, 0.25) is 0 Å². The summed E-state index contributed by atoms with van der Waals surface area (Å²) in [5.41, 5.74) is 16.4. The Morgan fingerprint density at radius 2 is 0.779 bits per heavy atom. The van der Waals surface area contributed by atoms with E-state index >= 15 is 0 Å². The van der Waals surface area contributed by atoms with Crippen molar-refractivity contribution < 1.29 is 0 Å². The van der Waals surface area contributed by atoms with Crippen LogP contribution < -0.4 is 4.90 Å². The van der Waals surface area contributed by atoms with Gasteiger partial charge in [-0.15, -0.1) is 0 Å². The Bertz CT molecular complexity index is 4000. The first kappa shape index (κ1) is 39.4. The molecule has 68 heavy (non-hydrogen) atoms. The lowest BCUT2D eigenvalue weighted by Gasteiger charge is -2.28. The van der Waals surface area contributed by atoms with Crippen molar-refractivity contribution in [3.05, 3.63) is 267 Å². The summed E-state index contributed by atoms with van der Waals surface area (Å²) in [7, 11) is 0. The van der Waals surface area contributed by atoms with Crippen molar-refractivity contribution in [3.8, 4) is 50.2 Å². The maximum absolute atomic E-state index is 2.44. The Balaban J connectivity index is 1.04. The van der Waals surface area contributed by atoms with Crippen molar-refractivity contribution in [1.82, 2.24) is 4.57 Å². The van der Waals surface area contributed by atoms with Crippen LogP contribution in [0, 0.1) is 0 Å². The molecule has 0 radical (unpaired) electrons. The van der Waals surface area contributed by atoms with Crippen molar-refractivity contribution in [2.45, 2.75) is 0 Å². The number of hydrogen-bond acceptors (Lipinski definition) is 1. The topological polar surface area (TPSA) is 8.17 Å². The van der Waals surface area contributed by atoms with Gasteiger partial charge < -0.3 is 9.47 Å². The fourth-order valence-electron chi connectivity index (χ4n) is 10.8. The number of hydrogen-bond donors (Lipinski definition) is 0. The lowest BCUT2D eigenvalue weighted by molar-refractivity contribution is 1.18. The van der Waals surface area contributed by atoms with Gasteiger partial charge in [0.1, 0.15) is 0 Å². The van der Waals surface area contributed by atoms with Gasteiger partial charge in [-0.25, -0.2) is 0 Å². The molecule has 1 aromatic heterocycles. The summed E-state index contributed by atoms with van der Waals surface area (Å²) in [6.07, 6.45) is 0. The molecule has 0 fully saturated rings. The summed E-state index contributed by atoms with van der Waals surface area (Å²) in [6, 6.07) is 97.5. The molecule has 0 saturated heterocycles. The number of fused-ring (bicyclic) bond motifs is 7. The van der Waals surface area contributed by atoms with Gasteiger partial charge in [0.25, 0.3) is 0 Å². The highest BCUT2D eigenvalue weighted by Crippen LogP contribution is 2.48. The van der Waals surface area contributed by atoms with Crippen molar-refractivity contribution in [2.24, 2.45) is 0 Å². The van der Waals surface area contributed by atoms with Crippen LogP contribution >= 0.6 is 0 Å². The summed E-state index contributed by atoms with van der Waals surface area (Å²) in [5, 5.41) is 9.88. The Morgan fingerprint density at radius 3 is 1.54 bits per heavy atom. The maximum atomic E-state index is 2.44. The van der Waals surface area contributed by atoms with Gasteiger partial charge in [-0.05, 0) is 126 Å². The molecule has 13 aromatic rings. The van der Waals surface area contributed by atoms with Gasteiger partial charge in [-0.3, -0.25) is 0 Å². The van der Waals surface area contributed by atoms with E-state index in [0.717, 1.165) is 28.3 Å². The minimum atomic E-state index is 1.07. The van der Waals surface area contributed by atoms with Gasteiger partial charge in [0.15, 0.2) is 0 Å². The molecule has 12 aromatic carbocycles. The van der Waals surface area contributed by atoms with E-state index in [9.17, 15) is 0 Å². The molecule has 318 valence electrons. The Morgan fingerprint density at radius 1 is 0.265 bits per heavy atom. The molecule has 0 amide bonds. The van der Waals surface area contributed by atoms with Crippen LogP contribution in [0.4, 0.5) is 17.1 Å². The molecule has 0 aliphatic rings. The first-order chi connectivity index (χ1) is 33.8. The lowest BCUT2D eigenvalue weighted by Crippen LogP contribution is -2.10. The SMILES string of the molecule is c1ccc(-c2c(-c3ccccc3)c3cc(N(c4ccc(-c5cccc6c7ccccc7n(-c7ccccc7)c56)cc4)c4cccc(-c5cccc6ccccc56)c4)ccc3c3ccccc23)cc1. The van der Waals surface area contributed by atoms with Crippen LogP contribution in [0.1, 0.15) is 0 Å². The van der Waals surface area contributed by atoms with Crippen LogP contribution in [0.15, 0.2) is 267 Å². The second-order valence-corrected chi connectivity index (χ2v) is 17.6. The molecule has 2 heteroatoms. The van der Waals surface area contributed by atoms with Crippen LogP contribution in [0.3, 0.4) is 0 Å². The fraction of sp³-hybridized carbons (Fsp3) is 0. The van der Waals surface area contributed by atoms with Crippen LogP contribution in [-0.4, -0.2) is 4.57 Å². The molecule has 1 heterocycles. The molecule has 0 aliphatic carbocycles. The standard InChI is InChI=1S/C66H44N2/c1-4-20-47(21-5-1)64-60-32-13-12-30-57(60)58-42-41-53(44-62(58)65(64)48-22-6-2-7-23-48)67(52-28-16-25-49(43-52)55-33-17-24-45-19-10-11-29-54(45)55)51-39-37-46(38-40-51)56-34-18-35-61-59-31-14-15-36-63(59)68(66(56)61)50-26-8-3-9-27-50/h1-44H. The van der Waals surface area contributed by atoms with Gasteiger partial charge in [0.05, 0.1) is 11.0 Å². The number of anilines is 3. The summed E-state index contributed by atoms with van der Waals surface area (Å²) >= 11 is 0. The molecular formula is C66H44N2. The largest absolute Gasteiger partial charge is 0.310 e. The van der Waals surface area contributed by atoms with Crippen LogP contribution in [0.5, 0.6) is 0 Å². The molecule has 0 unspecified atom stereocenters. The predicted octanol–water partition coefficient (Wildman–Crippen LogP) is 18.4. The molecule has 13 rings (SSSR count). The minimum absolute atomic E-state index is 1.07. The van der Waals surface area contributed by atoms with Crippen LogP contribution in [0.2, 0.25) is 0 Å². The fourth-order valence-corrected chi connectivity index (χ4v) is 10.8. The third-order valence-electron chi connectivity index (χ3n) is 13.7. The van der Waals surface area contributed by atoms with Gasteiger partial charge in [0, 0.05) is 39.1 Å². The number of rotatable bonds is 8. The summed E-state index contributed by atoms with van der Waals surface area (Å²) < 4.78 is 2.42. The van der Waals surface area contributed by atoms with Crippen molar-refractivity contribution in [3.63, 3.8) is 0 Å². The second-order valence-electron chi connectivity index (χ2n) is 17.6. The number of aromatic nitrogens is 1. The van der Waals surface area contributed by atoms with E-state index in [4.69, 9.17) is 0 Å². The zero-order valence-electron chi connectivity index (χ0n) is 37.3. The predicted molar refractivity (Wildman–Crippen MR) is 290 cm³/mol. The maximum Gasteiger partial charge on any atom is 0.0619 e. The third-order valence-corrected chi connectivity index (χ3v) is 13.7. The first-order valence-corrected chi connectivity index (χ1v) is 23.4. The van der Waals surface area contributed by atoms with E-state index in [2.05, 4.69) is 276 Å². The average Bonchev–Trinajstić information content (AvgIpc) is 3.76. The Kier molecular flexibility index (Phi) is 9.54. The molecule has 2 nitrogen and oxygen atoms in total. The molecule has 0 N–H and O–H groups in total. The summed E-state index contributed by atoms with van der Waals surface area (Å²) in [5.74, 6) is 0. The van der Waals surface area contributed by atoms with E-state index in [1.54, 1.807) is 0 Å². The van der Waals surface area contributed by atoms with Crippen molar-refractivity contribution >= 4 is 71.2 Å². The van der Waals surface area contributed by atoms with E-state index in [-0.39, 0.29) is 0 Å². The molecule has 0 bridgehead atoms. The smallest absolute Gasteiger partial charge is 0.0619 e. The van der Waals surface area contributed by atoms with E-state index in [0.29, 0.717) is 0 Å². The van der Waals surface area contributed by atoms with Gasteiger partial charge in [-0.2, -0.15) is 0 Å². The van der Waals surface area contributed by atoms with E-state index in [1.807, 2.05) is 0 Å². The number of benzene rings is 12. The Labute approximate surface area is 395 Å². The van der Waals surface area contributed by atoms with Crippen molar-refractivity contribution in [1.29, 1.82) is 0 Å². The highest BCUT2D eigenvalue weighted by Gasteiger charge is 2.22. The minimum Gasteiger partial charge on any atom is -0.310 e. The molecule has 0 atom stereocenters. The quantitative estimate of drug-likeness (QED) is 0.138. The summed E-state index contributed by atoms with van der Waals surface area (Å²) in [4.78, 5) is 2.44. The first-order valence-electron chi connectivity index (χ1n) is 23.4. The Hall–Kier alpha value is -8.98. The zero-order valence-corrected chi connectivity index (χ0v) is 37.3. The van der Waals surface area contributed by atoms with Crippen molar-refractivity contribution in [2.75, 3.05) is 4.90 Å². The average molecular weight is 865 g/mol. The number of nitrogens with zero attached hydrogens (tertiary/aromatic N) is 2. The highest BCUT2D eigenvalue weighted by atomic mass is 15.1. The normalized spacial score (nSPS) is 11.5. The van der Waals surface area contributed by atoms with E-state index < -0.39 is 0 Å².